The Balaban J connectivity index is 1.90. The standard InChI is InChI=1S/C12H25N3O2S/c1-12(2,3)15-18(16,17)14-11-5-4-9-7-13-8-10(9)6-11/h9-11,13-15H,4-8H2,1-3H3/t9-,10+,11?/m0/s1. The molecule has 0 aromatic carbocycles. The van der Waals surface area contributed by atoms with Gasteiger partial charge in [-0.25, -0.2) is 0 Å². The second-order valence-electron chi connectivity index (χ2n) is 6.66. The summed E-state index contributed by atoms with van der Waals surface area (Å²) in [5.74, 6) is 1.39. The van der Waals surface area contributed by atoms with E-state index in [9.17, 15) is 8.42 Å². The van der Waals surface area contributed by atoms with E-state index in [2.05, 4.69) is 14.8 Å². The lowest BCUT2D eigenvalue weighted by Gasteiger charge is -2.32. The number of nitrogens with one attached hydrogen (secondary N) is 3. The molecule has 1 aliphatic carbocycles. The van der Waals surface area contributed by atoms with E-state index in [1.54, 1.807) is 0 Å². The zero-order valence-corrected chi connectivity index (χ0v) is 12.3. The van der Waals surface area contributed by atoms with Crippen LogP contribution in [0.5, 0.6) is 0 Å². The fourth-order valence-corrected chi connectivity index (χ4v) is 4.58. The van der Waals surface area contributed by atoms with E-state index in [1.165, 1.54) is 0 Å². The van der Waals surface area contributed by atoms with Gasteiger partial charge in [-0.1, -0.05) is 0 Å². The molecule has 18 heavy (non-hydrogen) atoms. The van der Waals surface area contributed by atoms with Crippen LogP contribution < -0.4 is 14.8 Å². The van der Waals surface area contributed by atoms with Crippen LogP contribution in [0.3, 0.4) is 0 Å². The van der Waals surface area contributed by atoms with Crippen molar-refractivity contribution in [1.29, 1.82) is 0 Å². The lowest BCUT2D eigenvalue weighted by molar-refractivity contribution is 0.259. The van der Waals surface area contributed by atoms with Crippen LogP contribution in [0.25, 0.3) is 0 Å². The van der Waals surface area contributed by atoms with Crippen LogP contribution in [0.4, 0.5) is 0 Å². The molecule has 0 bridgehead atoms. The molecule has 0 spiro atoms. The van der Waals surface area contributed by atoms with Crippen LogP contribution in [-0.4, -0.2) is 33.1 Å². The zero-order chi connectivity index (χ0) is 13.4. The van der Waals surface area contributed by atoms with Crippen LogP contribution >= 0.6 is 0 Å². The molecule has 0 aromatic rings. The number of fused-ring (bicyclic) bond motifs is 1. The van der Waals surface area contributed by atoms with E-state index in [1.807, 2.05) is 20.8 Å². The molecule has 6 heteroatoms. The first-order valence-corrected chi connectivity index (χ1v) is 8.25. The van der Waals surface area contributed by atoms with E-state index in [4.69, 9.17) is 0 Å². The number of hydrogen-bond donors (Lipinski definition) is 3. The van der Waals surface area contributed by atoms with E-state index in [-0.39, 0.29) is 6.04 Å². The monoisotopic (exact) mass is 275 g/mol. The predicted molar refractivity (Wildman–Crippen MR) is 72.4 cm³/mol. The largest absolute Gasteiger partial charge is 0.316 e. The van der Waals surface area contributed by atoms with Crippen molar-refractivity contribution in [2.75, 3.05) is 13.1 Å². The first-order valence-electron chi connectivity index (χ1n) is 6.77. The summed E-state index contributed by atoms with van der Waals surface area (Å²) in [6.45, 7) is 7.69. The van der Waals surface area contributed by atoms with Crippen LogP contribution in [-0.2, 0) is 10.2 Å². The van der Waals surface area contributed by atoms with Crippen LogP contribution in [0.1, 0.15) is 40.0 Å². The molecule has 1 saturated carbocycles. The van der Waals surface area contributed by atoms with E-state index < -0.39 is 15.7 Å². The second kappa shape index (κ2) is 5.07. The molecule has 3 N–H and O–H groups in total. The van der Waals surface area contributed by atoms with Crippen LogP contribution in [0.15, 0.2) is 0 Å². The average molecular weight is 275 g/mol. The summed E-state index contributed by atoms with van der Waals surface area (Å²) >= 11 is 0. The van der Waals surface area contributed by atoms with Gasteiger partial charge in [0.2, 0.25) is 0 Å². The minimum atomic E-state index is -3.39. The van der Waals surface area contributed by atoms with Gasteiger partial charge < -0.3 is 5.32 Å². The molecule has 0 amide bonds. The molecule has 1 heterocycles. The molecule has 2 rings (SSSR count). The summed E-state index contributed by atoms with van der Waals surface area (Å²) in [7, 11) is -3.39. The second-order valence-corrected chi connectivity index (χ2v) is 8.11. The molecule has 0 aromatic heterocycles. The first-order chi connectivity index (χ1) is 8.25. The summed E-state index contributed by atoms with van der Waals surface area (Å²) in [5.41, 5.74) is -0.433. The summed E-state index contributed by atoms with van der Waals surface area (Å²) in [4.78, 5) is 0. The quantitative estimate of drug-likeness (QED) is 0.706. The van der Waals surface area contributed by atoms with Gasteiger partial charge in [0.15, 0.2) is 0 Å². The van der Waals surface area contributed by atoms with Crippen molar-refractivity contribution in [1.82, 2.24) is 14.8 Å². The molecule has 0 radical (unpaired) electrons. The van der Waals surface area contributed by atoms with Gasteiger partial charge in [-0.3, -0.25) is 0 Å². The van der Waals surface area contributed by atoms with Gasteiger partial charge in [-0.15, -0.1) is 0 Å². The van der Waals surface area contributed by atoms with Gasteiger partial charge in [-0.05, 0) is 65.0 Å². The van der Waals surface area contributed by atoms with Gasteiger partial charge in [0.1, 0.15) is 0 Å². The highest BCUT2D eigenvalue weighted by atomic mass is 32.2. The van der Waals surface area contributed by atoms with Crippen molar-refractivity contribution in [2.45, 2.75) is 51.6 Å². The van der Waals surface area contributed by atoms with Crippen molar-refractivity contribution in [3.05, 3.63) is 0 Å². The Kier molecular flexibility index (Phi) is 4.02. The fourth-order valence-electron chi connectivity index (χ4n) is 3.06. The first kappa shape index (κ1) is 14.2. The normalized spacial score (nSPS) is 33.4. The average Bonchev–Trinajstić information content (AvgIpc) is 2.59. The SMILES string of the molecule is CC(C)(C)NS(=O)(=O)NC1CC[C@H]2CNC[C@H]2C1. The van der Waals surface area contributed by atoms with Crippen molar-refractivity contribution in [2.24, 2.45) is 11.8 Å². The highest BCUT2D eigenvalue weighted by molar-refractivity contribution is 7.87. The molecule has 1 aliphatic heterocycles. The smallest absolute Gasteiger partial charge is 0.277 e. The molecule has 1 unspecified atom stereocenters. The maximum atomic E-state index is 12.0. The highest BCUT2D eigenvalue weighted by Crippen LogP contribution is 2.32. The van der Waals surface area contributed by atoms with Gasteiger partial charge >= 0.3 is 0 Å². The number of rotatable bonds is 3. The van der Waals surface area contributed by atoms with Crippen molar-refractivity contribution in [3.63, 3.8) is 0 Å². The molecule has 1 saturated heterocycles. The summed E-state index contributed by atoms with van der Waals surface area (Å²) in [6, 6.07) is 0.0889. The Morgan fingerprint density at radius 1 is 1.11 bits per heavy atom. The third kappa shape index (κ3) is 3.91. The van der Waals surface area contributed by atoms with Crippen molar-refractivity contribution in [3.8, 4) is 0 Å². The molecule has 2 fully saturated rings. The van der Waals surface area contributed by atoms with E-state index in [0.29, 0.717) is 5.92 Å². The third-order valence-corrected chi connectivity index (χ3v) is 5.24. The molecular weight excluding hydrogens is 250 g/mol. The molecule has 106 valence electrons. The van der Waals surface area contributed by atoms with Crippen molar-refractivity contribution >= 4 is 10.2 Å². The van der Waals surface area contributed by atoms with Crippen molar-refractivity contribution < 1.29 is 8.42 Å². The topological polar surface area (TPSA) is 70.2 Å². The Morgan fingerprint density at radius 2 is 1.78 bits per heavy atom. The maximum absolute atomic E-state index is 12.0. The van der Waals surface area contributed by atoms with Gasteiger partial charge in [0.05, 0.1) is 0 Å². The van der Waals surface area contributed by atoms with Gasteiger partial charge in [0, 0.05) is 11.6 Å². The molecular formula is C12H25N3O2S. The third-order valence-electron chi connectivity index (χ3n) is 3.72. The summed E-state index contributed by atoms with van der Waals surface area (Å²) in [6.07, 6.45) is 3.04. The molecule has 5 nitrogen and oxygen atoms in total. The lowest BCUT2D eigenvalue weighted by Crippen LogP contribution is -2.51. The fraction of sp³-hybridized carbons (Fsp3) is 1.00. The minimum absolute atomic E-state index is 0.0889. The number of hydrogen-bond acceptors (Lipinski definition) is 3. The molecule has 2 aliphatic rings. The van der Waals surface area contributed by atoms with E-state index in [0.717, 1.165) is 38.3 Å². The highest BCUT2D eigenvalue weighted by Gasteiger charge is 2.35. The summed E-state index contributed by atoms with van der Waals surface area (Å²) < 4.78 is 29.4. The van der Waals surface area contributed by atoms with Crippen LogP contribution in [0.2, 0.25) is 0 Å². The minimum Gasteiger partial charge on any atom is -0.316 e. The van der Waals surface area contributed by atoms with Crippen LogP contribution in [0, 0.1) is 11.8 Å². The predicted octanol–water partition coefficient (Wildman–Crippen LogP) is 0.597. The maximum Gasteiger partial charge on any atom is 0.277 e. The Labute approximate surface area is 110 Å². The molecule has 3 atom stereocenters. The Morgan fingerprint density at radius 3 is 2.44 bits per heavy atom. The Bertz CT molecular complexity index is 389. The summed E-state index contributed by atoms with van der Waals surface area (Å²) in [5, 5.41) is 3.39. The lowest BCUT2D eigenvalue weighted by atomic mass is 9.79. The Hall–Kier alpha value is -0.170. The van der Waals surface area contributed by atoms with Gasteiger partial charge in [0.25, 0.3) is 10.2 Å². The zero-order valence-electron chi connectivity index (χ0n) is 11.5. The van der Waals surface area contributed by atoms with E-state index >= 15 is 0 Å². The van der Waals surface area contributed by atoms with Gasteiger partial charge in [-0.2, -0.15) is 17.9 Å².